The van der Waals surface area contributed by atoms with E-state index in [9.17, 15) is 9.18 Å². The summed E-state index contributed by atoms with van der Waals surface area (Å²) in [6.45, 7) is 1.39. The van der Waals surface area contributed by atoms with Crippen LogP contribution in [0.15, 0.2) is 67.0 Å². The highest BCUT2D eigenvalue weighted by molar-refractivity contribution is 5.94. The van der Waals surface area contributed by atoms with Crippen molar-refractivity contribution in [1.29, 1.82) is 0 Å². The van der Waals surface area contributed by atoms with Crippen molar-refractivity contribution in [3.05, 3.63) is 95.3 Å². The molecule has 0 bridgehead atoms. The molecule has 0 aliphatic carbocycles. The van der Waals surface area contributed by atoms with E-state index in [1.807, 2.05) is 29.2 Å². The van der Waals surface area contributed by atoms with Crippen LogP contribution in [0.2, 0.25) is 0 Å². The van der Waals surface area contributed by atoms with Gasteiger partial charge in [-0.3, -0.25) is 14.8 Å². The Bertz CT molecular complexity index is 961. The van der Waals surface area contributed by atoms with Gasteiger partial charge in [0.25, 0.3) is 5.91 Å². The SMILES string of the molecule is O=C(c1cccnc1)N1CCC[C@@H](c2cccc(Cc3ccccc3F)n2)C1. The van der Waals surface area contributed by atoms with Crippen molar-refractivity contribution in [2.24, 2.45) is 0 Å². The second-order valence-electron chi connectivity index (χ2n) is 7.15. The molecule has 0 radical (unpaired) electrons. The lowest BCUT2D eigenvalue weighted by Crippen LogP contribution is -2.39. The summed E-state index contributed by atoms with van der Waals surface area (Å²) in [6.07, 6.45) is 5.68. The number of hydrogen-bond acceptors (Lipinski definition) is 3. The zero-order valence-electron chi connectivity index (χ0n) is 15.6. The fourth-order valence-electron chi connectivity index (χ4n) is 3.74. The largest absolute Gasteiger partial charge is 0.338 e. The van der Waals surface area contributed by atoms with Crippen LogP contribution in [0.5, 0.6) is 0 Å². The molecule has 0 saturated carbocycles. The van der Waals surface area contributed by atoms with Crippen LogP contribution >= 0.6 is 0 Å². The molecule has 28 heavy (non-hydrogen) atoms. The Morgan fingerprint density at radius 2 is 2.00 bits per heavy atom. The molecule has 1 aromatic carbocycles. The van der Waals surface area contributed by atoms with Gasteiger partial charge < -0.3 is 4.90 Å². The number of benzene rings is 1. The van der Waals surface area contributed by atoms with Crippen LogP contribution in [0.4, 0.5) is 4.39 Å². The number of amides is 1. The minimum atomic E-state index is -0.208. The second kappa shape index (κ2) is 8.30. The van der Waals surface area contributed by atoms with Crippen LogP contribution in [0.3, 0.4) is 0 Å². The van der Waals surface area contributed by atoms with E-state index in [1.165, 1.54) is 6.07 Å². The van der Waals surface area contributed by atoms with Gasteiger partial charge in [0.2, 0.25) is 0 Å². The van der Waals surface area contributed by atoms with E-state index in [4.69, 9.17) is 4.98 Å². The molecule has 0 unspecified atom stereocenters. The van der Waals surface area contributed by atoms with Crippen LogP contribution < -0.4 is 0 Å². The molecule has 1 aliphatic rings. The van der Waals surface area contributed by atoms with Gasteiger partial charge in [-0.1, -0.05) is 24.3 Å². The first-order valence-electron chi connectivity index (χ1n) is 9.59. The smallest absolute Gasteiger partial charge is 0.255 e. The molecule has 1 amide bonds. The number of carbonyl (C=O) groups is 1. The van der Waals surface area contributed by atoms with Crippen molar-refractivity contribution in [2.75, 3.05) is 13.1 Å². The molecule has 1 aliphatic heterocycles. The standard InChI is InChI=1S/C23H22FN3O/c24-21-10-2-1-6-17(21)14-20-9-3-11-22(26-20)19-8-5-13-27(16-19)23(28)18-7-4-12-25-15-18/h1-4,6-7,9-12,15,19H,5,8,13-14,16H2/t19-/m1/s1. The molecule has 1 atom stereocenters. The third-order valence-electron chi connectivity index (χ3n) is 5.19. The molecule has 3 aromatic rings. The Labute approximate surface area is 164 Å². The normalized spacial score (nSPS) is 16.8. The van der Waals surface area contributed by atoms with Crippen LogP contribution in [-0.4, -0.2) is 33.9 Å². The average molecular weight is 375 g/mol. The lowest BCUT2D eigenvalue weighted by Gasteiger charge is -2.32. The highest BCUT2D eigenvalue weighted by Gasteiger charge is 2.26. The first-order chi connectivity index (χ1) is 13.7. The molecule has 0 N–H and O–H groups in total. The Morgan fingerprint density at radius 1 is 1.11 bits per heavy atom. The summed E-state index contributed by atoms with van der Waals surface area (Å²) < 4.78 is 14.0. The van der Waals surface area contributed by atoms with E-state index in [-0.39, 0.29) is 17.6 Å². The summed E-state index contributed by atoms with van der Waals surface area (Å²) in [6, 6.07) is 16.3. The summed E-state index contributed by atoms with van der Waals surface area (Å²) in [7, 11) is 0. The van der Waals surface area contributed by atoms with Gasteiger partial charge in [-0.15, -0.1) is 0 Å². The van der Waals surface area contributed by atoms with Crippen molar-refractivity contribution in [2.45, 2.75) is 25.2 Å². The molecule has 0 spiro atoms. The van der Waals surface area contributed by atoms with E-state index >= 15 is 0 Å². The lowest BCUT2D eigenvalue weighted by atomic mass is 9.93. The number of carbonyl (C=O) groups excluding carboxylic acids is 1. The molecular weight excluding hydrogens is 353 g/mol. The minimum absolute atomic E-state index is 0.0142. The van der Waals surface area contributed by atoms with Gasteiger partial charge in [0, 0.05) is 49.2 Å². The number of hydrogen-bond donors (Lipinski definition) is 0. The summed E-state index contributed by atoms with van der Waals surface area (Å²) in [5.41, 5.74) is 3.07. The van der Waals surface area contributed by atoms with Gasteiger partial charge in [-0.2, -0.15) is 0 Å². The Morgan fingerprint density at radius 3 is 2.82 bits per heavy atom. The number of aromatic nitrogens is 2. The van der Waals surface area contributed by atoms with Crippen molar-refractivity contribution >= 4 is 5.91 Å². The summed E-state index contributed by atoms with van der Waals surface area (Å²) in [5, 5.41) is 0. The monoisotopic (exact) mass is 375 g/mol. The third kappa shape index (κ3) is 4.09. The Kier molecular flexibility index (Phi) is 5.42. The Balaban J connectivity index is 1.49. The van der Waals surface area contributed by atoms with Gasteiger partial charge in [0.15, 0.2) is 0 Å². The minimum Gasteiger partial charge on any atom is -0.338 e. The van der Waals surface area contributed by atoms with Crippen molar-refractivity contribution in [3.8, 4) is 0 Å². The first kappa shape index (κ1) is 18.3. The van der Waals surface area contributed by atoms with Crippen molar-refractivity contribution < 1.29 is 9.18 Å². The fraction of sp³-hybridized carbons (Fsp3) is 0.261. The maximum Gasteiger partial charge on any atom is 0.255 e. The molecule has 3 heterocycles. The molecule has 1 saturated heterocycles. The van der Waals surface area contributed by atoms with E-state index in [1.54, 1.807) is 36.7 Å². The van der Waals surface area contributed by atoms with Gasteiger partial charge in [0.05, 0.1) is 5.56 Å². The third-order valence-corrected chi connectivity index (χ3v) is 5.19. The predicted molar refractivity (Wildman–Crippen MR) is 106 cm³/mol. The van der Waals surface area contributed by atoms with Gasteiger partial charge >= 0.3 is 0 Å². The summed E-state index contributed by atoms with van der Waals surface area (Å²) in [4.78, 5) is 23.5. The number of halogens is 1. The lowest BCUT2D eigenvalue weighted by molar-refractivity contribution is 0.0705. The van der Waals surface area contributed by atoms with Crippen LogP contribution in [0, 0.1) is 5.82 Å². The van der Waals surface area contributed by atoms with Crippen molar-refractivity contribution in [1.82, 2.24) is 14.9 Å². The molecule has 2 aromatic heterocycles. The highest BCUT2D eigenvalue weighted by Crippen LogP contribution is 2.27. The predicted octanol–water partition coefficient (Wildman–Crippen LogP) is 4.23. The number of nitrogens with zero attached hydrogens (tertiary/aromatic N) is 3. The van der Waals surface area contributed by atoms with Gasteiger partial charge in [0.1, 0.15) is 5.82 Å². The number of pyridine rings is 2. The molecule has 5 heteroatoms. The molecule has 4 rings (SSSR count). The first-order valence-corrected chi connectivity index (χ1v) is 9.59. The molecular formula is C23H22FN3O. The Hall–Kier alpha value is -3.08. The summed E-state index contributed by atoms with van der Waals surface area (Å²) in [5.74, 6) is -0.00383. The number of piperidine rings is 1. The molecule has 4 nitrogen and oxygen atoms in total. The molecule has 1 fully saturated rings. The zero-order valence-corrected chi connectivity index (χ0v) is 15.6. The molecule has 142 valence electrons. The quantitative estimate of drug-likeness (QED) is 0.686. The summed E-state index contributed by atoms with van der Waals surface area (Å²) >= 11 is 0. The average Bonchev–Trinajstić information content (AvgIpc) is 2.76. The van der Waals surface area contributed by atoms with Crippen LogP contribution in [0.1, 0.15) is 46.1 Å². The number of rotatable bonds is 4. The van der Waals surface area contributed by atoms with E-state index in [0.717, 1.165) is 30.8 Å². The maximum atomic E-state index is 14.0. The maximum absolute atomic E-state index is 14.0. The van der Waals surface area contributed by atoms with Gasteiger partial charge in [-0.25, -0.2) is 4.39 Å². The highest BCUT2D eigenvalue weighted by atomic mass is 19.1. The zero-order chi connectivity index (χ0) is 19.3. The topological polar surface area (TPSA) is 46.1 Å². The van der Waals surface area contributed by atoms with Gasteiger partial charge in [-0.05, 0) is 48.7 Å². The van der Waals surface area contributed by atoms with Crippen molar-refractivity contribution in [3.63, 3.8) is 0 Å². The second-order valence-corrected chi connectivity index (χ2v) is 7.15. The van der Waals surface area contributed by atoms with E-state index in [0.29, 0.717) is 24.1 Å². The van der Waals surface area contributed by atoms with E-state index in [2.05, 4.69) is 4.98 Å². The number of likely N-dealkylation sites (tertiary alicyclic amines) is 1. The fourth-order valence-corrected chi connectivity index (χ4v) is 3.74. The van der Waals surface area contributed by atoms with Crippen LogP contribution in [0.25, 0.3) is 0 Å². The van der Waals surface area contributed by atoms with E-state index < -0.39 is 0 Å². The van der Waals surface area contributed by atoms with Crippen LogP contribution in [-0.2, 0) is 6.42 Å².